The molecule has 0 radical (unpaired) electrons. The molecule has 1 heterocycles. The van der Waals surface area contributed by atoms with Gasteiger partial charge in [-0.2, -0.15) is 0 Å². The zero-order valence-corrected chi connectivity index (χ0v) is 33.5. The minimum absolute atomic E-state index is 0.266. The highest BCUT2D eigenvalue weighted by Gasteiger charge is 2.39. The van der Waals surface area contributed by atoms with Gasteiger partial charge in [-0.3, -0.25) is 4.99 Å². The predicted molar refractivity (Wildman–Crippen MR) is 251 cm³/mol. The van der Waals surface area contributed by atoms with Gasteiger partial charge in [0.25, 0.3) is 0 Å². The molecular weight excluding hydrogens is 715 g/mol. The van der Waals surface area contributed by atoms with E-state index in [0.29, 0.717) is 0 Å². The van der Waals surface area contributed by atoms with Gasteiger partial charge >= 0.3 is 0 Å². The van der Waals surface area contributed by atoms with Gasteiger partial charge in [0.15, 0.2) is 0 Å². The standard InChI is InChI=1S/C56H43N3/c1-35(37-18-7-5-8-19-37)57-55(38-20-9-6-10-21-38)58-36(2)39-22-17-23-40(32-39)59-52-29-16-15-28-45(52)47-31-30-46-50-33-48-43-26-13-11-24-41(43)42-25-12-14-27-44(42)49(48)34-51(50)56(3,4)53(46)54(47)59/h5-34,55,58H,2H2,1,3-4H3/b57-35+. The Bertz CT molecular complexity index is 3350. The van der Waals surface area contributed by atoms with E-state index in [1.54, 1.807) is 0 Å². The van der Waals surface area contributed by atoms with Gasteiger partial charge in [0.1, 0.15) is 6.17 Å². The minimum atomic E-state index is -0.312. The first-order chi connectivity index (χ1) is 28.9. The van der Waals surface area contributed by atoms with Crippen LogP contribution in [0.3, 0.4) is 0 Å². The molecule has 1 unspecified atom stereocenters. The fraction of sp³-hybridized carbons (Fsp3) is 0.0893. The summed E-state index contributed by atoms with van der Waals surface area (Å²) in [5.74, 6) is 0. The molecule has 0 saturated carbocycles. The van der Waals surface area contributed by atoms with Crippen molar-refractivity contribution in [3.63, 3.8) is 0 Å². The summed E-state index contributed by atoms with van der Waals surface area (Å²) in [7, 11) is 0. The molecule has 1 N–H and O–H groups in total. The average Bonchev–Trinajstić information content (AvgIpc) is 3.74. The largest absolute Gasteiger partial charge is 0.360 e. The third kappa shape index (κ3) is 5.46. The van der Waals surface area contributed by atoms with Crippen LogP contribution in [-0.4, -0.2) is 10.3 Å². The van der Waals surface area contributed by atoms with E-state index >= 15 is 0 Å². The Morgan fingerprint density at radius 1 is 0.542 bits per heavy atom. The second-order valence-electron chi connectivity index (χ2n) is 16.5. The Balaban J connectivity index is 1.08. The molecule has 282 valence electrons. The first kappa shape index (κ1) is 35.0. The maximum absolute atomic E-state index is 5.20. The Morgan fingerprint density at radius 2 is 1.12 bits per heavy atom. The maximum Gasteiger partial charge on any atom is 0.145 e. The second kappa shape index (κ2) is 13.4. The van der Waals surface area contributed by atoms with Crippen molar-refractivity contribution in [2.45, 2.75) is 32.4 Å². The summed E-state index contributed by atoms with van der Waals surface area (Å²) in [4.78, 5) is 5.20. The third-order valence-corrected chi connectivity index (χ3v) is 12.7. The van der Waals surface area contributed by atoms with E-state index < -0.39 is 0 Å². The lowest BCUT2D eigenvalue weighted by molar-refractivity contribution is 0.664. The van der Waals surface area contributed by atoms with Crippen LogP contribution in [0.2, 0.25) is 0 Å². The molecular formula is C56H43N3. The molecule has 1 atom stereocenters. The zero-order chi connectivity index (χ0) is 39.8. The number of nitrogens with zero attached hydrogens (tertiary/aromatic N) is 2. The molecule has 0 saturated heterocycles. The highest BCUT2D eigenvalue weighted by atomic mass is 15.1. The fourth-order valence-corrected chi connectivity index (χ4v) is 9.86. The van der Waals surface area contributed by atoms with Gasteiger partial charge in [-0.05, 0) is 109 Å². The van der Waals surface area contributed by atoms with Gasteiger partial charge in [-0.15, -0.1) is 0 Å². The second-order valence-corrected chi connectivity index (χ2v) is 16.5. The van der Waals surface area contributed by atoms with Crippen molar-refractivity contribution in [2.24, 2.45) is 4.99 Å². The Morgan fingerprint density at radius 3 is 1.81 bits per heavy atom. The molecule has 59 heavy (non-hydrogen) atoms. The van der Waals surface area contributed by atoms with Crippen molar-refractivity contribution in [3.05, 3.63) is 216 Å². The number of aliphatic imine (C=N–C) groups is 1. The number of nitrogens with one attached hydrogen (secondary N) is 1. The summed E-state index contributed by atoms with van der Waals surface area (Å²) in [6.07, 6.45) is -0.312. The van der Waals surface area contributed by atoms with Crippen LogP contribution in [0.5, 0.6) is 0 Å². The summed E-state index contributed by atoms with van der Waals surface area (Å²) >= 11 is 0. The van der Waals surface area contributed by atoms with Gasteiger partial charge in [0.05, 0.1) is 11.0 Å². The lowest BCUT2D eigenvalue weighted by Crippen LogP contribution is -2.19. The van der Waals surface area contributed by atoms with Crippen LogP contribution in [0, 0.1) is 0 Å². The first-order valence-corrected chi connectivity index (χ1v) is 20.5. The summed E-state index contributed by atoms with van der Waals surface area (Å²) in [6.45, 7) is 11.5. The quantitative estimate of drug-likeness (QED) is 0.127. The molecule has 0 aliphatic heterocycles. The topological polar surface area (TPSA) is 29.3 Å². The summed E-state index contributed by atoms with van der Waals surface area (Å²) < 4.78 is 2.49. The highest BCUT2D eigenvalue weighted by molar-refractivity contribution is 6.26. The minimum Gasteiger partial charge on any atom is -0.360 e. The molecule has 3 heteroatoms. The molecule has 1 aliphatic rings. The maximum atomic E-state index is 5.20. The van der Waals surface area contributed by atoms with Gasteiger partial charge < -0.3 is 9.88 Å². The number of benzene rings is 9. The summed E-state index contributed by atoms with van der Waals surface area (Å²) in [5.41, 5.74) is 13.6. The van der Waals surface area contributed by atoms with E-state index in [9.17, 15) is 0 Å². The predicted octanol–water partition coefficient (Wildman–Crippen LogP) is 14.3. The Hall–Kier alpha value is -7.23. The van der Waals surface area contributed by atoms with E-state index in [1.165, 1.54) is 76.4 Å². The fourth-order valence-electron chi connectivity index (χ4n) is 9.86. The van der Waals surface area contributed by atoms with Crippen molar-refractivity contribution in [2.75, 3.05) is 0 Å². The number of para-hydroxylation sites is 1. The van der Waals surface area contributed by atoms with Crippen molar-refractivity contribution in [3.8, 4) is 16.8 Å². The molecule has 11 rings (SSSR count). The van der Waals surface area contributed by atoms with Crippen molar-refractivity contribution >= 4 is 65.5 Å². The number of aromatic nitrogens is 1. The van der Waals surface area contributed by atoms with Crippen LogP contribution in [-0.2, 0) is 5.41 Å². The lowest BCUT2D eigenvalue weighted by Gasteiger charge is -2.24. The van der Waals surface area contributed by atoms with Crippen molar-refractivity contribution < 1.29 is 0 Å². The Labute approximate surface area is 344 Å². The van der Waals surface area contributed by atoms with Gasteiger partial charge in [-0.1, -0.05) is 172 Å². The van der Waals surface area contributed by atoms with E-state index in [2.05, 4.69) is 207 Å². The molecule has 0 amide bonds. The molecule has 1 aromatic heterocycles. The monoisotopic (exact) mass is 757 g/mol. The van der Waals surface area contributed by atoms with Crippen LogP contribution in [0.25, 0.3) is 76.6 Å². The molecule has 0 spiro atoms. The van der Waals surface area contributed by atoms with Crippen LogP contribution in [0.15, 0.2) is 194 Å². The number of fused-ring (bicyclic) bond motifs is 13. The van der Waals surface area contributed by atoms with Crippen LogP contribution >= 0.6 is 0 Å². The van der Waals surface area contributed by atoms with E-state index in [1.807, 2.05) is 12.1 Å². The molecule has 0 fully saturated rings. The summed E-state index contributed by atoms with van der Waals surface area (Å²) in [5, 5.41) is 14.0. The van der Waals surface area contributed by atoms with Crippen LogP contribution in [0.1, 0.15) is 54.8 Å². The number of hydrogen-bond acceptors (Lipinski definition) is 2. The number of hydrogen-bond donors (Lipinski definition) is 1. The van der Waals surface area contributed by atoms with Crippen LogP contribution in [0.4, 0.5) is 0 Å². The van der Waals surface area contributed by atoms with E-state index in [0.717, 1.165) is 33.8 Å². The van der Waals surface area contributed by atoms with Crippen LogP contribution < -0.4 is 5.32 Å². The lowest BCUT2D eigenvalue weighted by atomic mass is 9.80. The molecule has 0 bridgehead atoms. The highest BCUT2D eigenvalue weighted by Crippen LogP contribution is 2.55. The smallest absolute Gasteiger partial charge is 0.145 e. The molecule has 10 aromatic rings. The average molecular weight is 758 g/mol. The van der Waals surface area contributed by atoms with E-state index in [-0.39, 0.29) is 11.6 Å². The van der Waals surface area contributed by atoms with Crippen molar-refractivity contribution in [1.29, 1.82) is 0 Å². The zero-order valence-electron chi connectivity index (χ0n) is 33.5. The third-order valence-electron chi connectivity index (χ3n) is 12.7. The summed E-state index contributed by atoms with van der Waals surface area (Å²) in [6, 6.07) is 65.9. The first-order valence-electron chi connectivity index (χ1n) is 20.5. The molecule has 9 aromatic carbocycles. The van der Waals surface area contributed by atoms with Crippen molar-refractivity contribution in [1.82, 2.24) is 9.88 Å². The normalized spacial score (nSPS) is 13.9. The van der Waals surface area contributed by atoms with Gasteiger partial charge in [-0.25, -0.2) is 0 Å². The van der Waals surface area contributed by atoms with E-state index in [4.69, 9.17) is 4.99 Å². The Kier molecular flexibility index (Phi) is 7.96. The molecule has 1 aliphatic carbocycles. The SMILES string of the molecule is C=C(NC(/N=C(\C)c1ccccc1)c1ccccc1)c1cccc(-n2c3ccccc3c3ccc4c(c32)C(C)(C)c2cc3c5ccccc5c5ccccc5c3cc2-4)c1. The van der Waals surface area contributed by atoms with Gasteiger partial charge in [0.2, 0.25) is 0 Å². The van der Waals surface area contributed by atoms with Gasteiger partial charge in [0, 0.05) is 33.3 Å². The number of rotatable bonds is 7. The molecule has 3 nitrogen and oxygen atoms in total.